The molecule has 1 fully saturated rings. The van der Waals surface area contributed by atoms with Crippen LogP contribution < -0.4 is 11.1 Å². The first-order chi connectivity index (χ1) is 5.33. The molecule has 0 radical (unpaired) electrons. The van der Waals surface area contributed by atoms with Gasteiger partial charge in [-0.05, 0) is 31.2 Å². The molecule has 11 heavy (non-hydrogen) atoms. The fraction of sp³-hybridized carbons (Fsp3) is 1.00. The van der Waals surface area contributed by atoms with E-state index < -0.39 is 0 Å². The van der Waals surface area contributed by atoms with E-state index in [4.69, 9.17) is 5.73 Å². The van der Waals surface area contributed by atoms with Crippen molar-refractivity contribution in [2.24, 2.45) is 11.7 Å². The summed E-state index contributed by atoms with van der Waals surface area (Å²) < 4.78 is 0. The molecule has 1 aliphatic heterocycles. The summed E-state index contributed by atoms with van der Waals surface area (Å²) in [5.74, 6) is 2.23. The van der Waals surface area contributed by atoms with E-state index in [9.17, 15) is 0 Å². The third kappa shape index (κ3) is 3.45. The Morgan fingerprint density at radius 3 is 2.82 bits per heavy atom. The van der Waals surface area contributed by atoms with E-state index in [1.54, 1.807) is 0 Å². The van der Waals surface area contributed by atoms with Crippen molar-refractivity contribution >= 4 is 11.8 Å². The maximum absolute atomic E-state index is 5.50. The van der Waals surface area contributed by atoms with Crippen LogP contribution in [0.1, 0.15) is 13.3 Å². The fourth-order valence-electron chi connectivity index (χ4n) is 1.06. The molecule has 66 valence electrons. The highest BCUT2D eigenvalue weighted by Crippen LogP contribution is 2.16. The van der Waals surface area contributed by atoms with Crippen molar-refractivity contribution < 1.29 is 0 Å². The molecule has 0 aromatic heterocycles. The molecule has 0 aromatic carbocycles. The molecule has 0 aliphatic carbocycles. The predicted molar refractivity (Wildman–Crippen MR) is 52.0 cm³/mol. The van der Waals surface area contributed by atoms with Crippen molar-refractivity contribution in [1.29, 1.82) is 0 Å². The second kappa shape index (κ2) is 5.01. The van der Waals surface area contributed by atoms with Gasteiger partial charge in [0.1, 0.15) is 0 Å². The monoisotopic (exact) mass is 174 g/mol. The minimum Gasteiger partial charge on any atom is -0.329 e. The molecule has 0 amide bonds. The summed E-state index contributed by atoms with van der Waals surface area (Å²) in [6, 6.07) is 0. The van der Waals surface area contributed by atoms with Gasteiger partial charge in [0.15, 0.2) is 0 Å². The van der Waals surface area contributed by atoms with E-state index >= 15 is 0 Å². The van der Waals surface area contributed by atoms with Crippen LogP contribution in [0, 0.1) is 5.92 Å². The molecule has 3 heteroatoms. The van der Waals surface area contributed by atoms with Crippen LogP contribution in [0.2, 0.25) is 0 Å². The van der Waals surface area contributed by atoms with E-state index in [2.05, 4.69) is 12.2 Å². The van der Waals surface area contributed by atoms with Gasteiger partial charge in [-0.3, -0.25) is 0 Å². The lowest BCUT2D eigenvalue weighted by atomic mass is 10.0. The third-order valence-electron chi connectivity index (χ3n) is 2.13. The Kier molecular flexibility index (Phi) is 4.26. The molecule has 0 aromatic rings. The molecule has 2 nitrogen and oxygen atoms in total. The van der Waals surface area contributed by atoms with Gasteiger partial charge in [0.05, 0.1) is 0 Å². The standard InChI is InChI=1S/C8H18N2S/c1-7(4-9)11-3-2-8-5-10-6-8/h7-8,10H,2-6,9H2,1H3. The molecule has 0 spiro atoms. The molecule has 1 unspecified atom stereocenters. The number of thioether (sulfide) groups is 1. The van der Waals surface area contributed by atoms with Gasteiger partial charge in [0.2, 0.25) is 0 Å². The third-order valence-corrected chi connectivity index (χ3v) is 3.36. The van der Waals surface area contributed by atoms with Crippen LogP contribution >= 0.6 is 11.8 Å². The molecule has 1 rings (SSSR count). The van der Waals surface area contributed by atoms with Crippen LogP contribution in [0.25, 0.3) is 0 Å². The lowest BCUT2D eigenvalue weighted by Gasteiger charge is -2.27. The second-order valence-corrected chi connectivity index (χ2v) is 4.78. The zero-order valence-electron chi connectivity index (χ0n) is 7.18. The van der Waals surface area contributed by atoms with Crippen molar-refractivity contribution in [2.75, 3.05) is 25.4 Å². The van der Waals surface area contributed by atoms with Gasteiger partial charge >= 0.3 is 0 Å². The number of hydrogen-bond acceptors (Lipinski definition) is 3. The smallest absolute Gasteiger partial charge is 0.0141 e. The molecule has 1 heterocycles. The topological polar surface area (TPSA) is 38.0 Å². The molecule has 1 aliphatic rings. The Labute approximate surface area is 73.3 Å². The zero-order valence-corrected chi connectivity index (χ0v) is 7.99. The van der Waals surface area contributed by atoms with Gasteiger partial charge in [-0.1, -0.05) is 6.92 Å². The zero-order chi connectivity index (χ0) is 8.10. The van der Waals surface area contributed by atoms with Crippen LogP contribution in [-0.4, -0.2) is 30.6 Å². The molecule has 0 bridgehead atoms. The van der Waals surface area contributed by atoms with Crippen molar-refractivity contribution in [2.45, 2.75) is 18.6 Å². The fourth-order valence-corrected chi connectivity index (χ4v) is 2.06. The Hall–Kier alpha value is 0.270. The van der Waals surface area contributed by atoms with Crippen molar-refractivity contribution in [3.63, 3.8) is 0 Å². The summed E-state index contributed by atoms with van der Waals surface area (Å²) in [7, 11) is 0. The van der Waals surface area contributed by atoms with Crippen LogP contribution in [0.5, 0.6) is 0 Å². The van der Waals surface area contributed by atoms with Crippen LogP contribution in [-0.2, 0) is 0 Å². The van der Waals surface area contributed by atoms with Gasteiger partial charge in [-0.25, -0.2) is 0 Å². The number of hydrogen-bond donors (Lipinski definition) is 2. The Bertz CT molecular complexity index is 99.5. The quantitative estimate of drug-likeness (QED) is 0.643. The van der Waals surface area contributed by atoms with Gasteiger partial charge in [0.25, 0.3) is 0 Å². The number of nitrogens with one attached hydrogen (secondary N) is 1. The van der Waals surface area contributed by atoms with Crippen molar-refractivity contribution in [3.05, 3.63) is 0 Å². The van der Waals surface area contributed by atoms with Gasteiger partial charge in [0, 0.05) is 11.8 Å². The summed E-state index contributed by atoms with van der Waals surface area (Å²) in [5.41, 5.74) is 5.50. The maximum Gasteiger partial charge on any atom is 0.0141 e. The first-order valence-electron chi connectivity index (χ1n) is 4.35. The first-order valence-corrected chi connectivity index (χ1v) is 5.40. The first kappa shape index (κ1) is 9.36. The van der Waals surface area contributed by atoms with Crippen LogP contribution in [0.3, 0.4) is 0 Å². The van der Waals surface area contributed by atoms with Gasteiger partial charge < -0.3 is 11.1 Å². The molecular formula is C8H18N2S. The largest absolute Gasteiger partial charge is 0.329 e. The average molecular weight is 174 g/mol. The number of nitrogens with two attached hydrogens (primary N) is 1. The SMILES string of the molecule is CC(CN)SCCC1CNC1. The molecule has 1 atom stereocenters. The summed E-state index contributed by atoms with van der Waals surface area (Å²) in [4.78, 5) is 0. The van der Waals surface area contributed by atoms with Crippen LogP contribution in [0.15, 0.2) is 0 Å². The summed E-state index contributed by atoms with van der Waals surface area (Å²) >= 11 is 2.00. The lowest BCUT2D eigenvalue weighted by Crippen LogP contribution is -2.42. The average Bonchev–Trinajstić information content (AvgIpc) is 1.94. The van der Waals surface area contributed by atoms with E-state index in [1.807, 2.05) is 11.8 Å². The van der Waals surface area contributed by atoms with Crippen molar-refractivity contribution in [1.82, 2.24) is 5.32 Å². The lowest BCUT2D eigenvalue weighted by molar-refractivity contribution is 0.341. The maximum atomic E-state index is 5.50. The number of rotatable bonds is 5. The van der Waals surface area contributed by atoms with E-state index in [-0.39, 0.29) is 0 Å². The highest BCUT2D eigenvalue weighted by molar-refractivity contribution is 7.99. The molecule has 3 N–H and O–H groups in total. The summed E-state index contributed by atoms with van der Waals surface area (Å²) in [6.07, 6.45) is 1.36. The normalized spacial score (nSPS) is 21.3. The molecular weight excluding hydrogens is 156 g/mol. The van der Waals surface area contributed by atoms with Gasteiger partial charge in [-0.2, -0.15) is 11.8 Å². The summed E-state index contributed by atoms with van der Waals surface area (Å²) in [5, 5.41) is 3.92. The summed E-state index contributed by atoms with van der Waals surface area (Å²) in [6.45, 7) is 5.48. The Morgan fingerprint density at radius 1 is 1.64 bits per heavy atom. The van der Waals surface area contributed by atoms with E-state index in [0.717, 1.165) is 12.5 Å². The second-order valence-electron chi connectivity index (χ2n) is 3.23. The van der Waals surface area contributed by atoms with E-state index in [1.165, 1.54) is 25.3 Å². The van der Waals surface area contributed by atoms with E-state index in [0.29, 0.717) is 5.25 Å². The minimum absolute atomic E-state index is 0.642. The van der Waals surface area contributed by atoms with Crippen LogP contribution in [0.4, 0.5) is 0 Å². The molecule has 1 saturated heterocycles. The Balaban J connectivity index is 1.86. The minimum atomic E-state index is 0.642. The predicted octanol–water partition coefficient (Wildman–Crippen LogP) is 0.676. The highest BCUT2D eigenvalue weighted by Gasteiger charge is 2.15. The van der Waals surface area contributed by atoms with Crippen molar-refractivity contribution in [3.8, 4) is 0 Å². The molecule has 0 saturated carbocycles. The highest BCUT2D eigenvalue weighted by atomic mass is 32.2. The van der Waals surface area contributed by atoms with Gasteiger partial charge in [-0.15, -0.1) is 0 Å². The Morgan fingerprint density at radius 2 is 2.36 bits per heavy atom.